The molecule has 0 saturated heterocycles. The molecule has 0 aromatic rings. The maximum Gasteiger partial charge on any atom is 0.331 e. The minimum Gasteiger partial charge on any atom is -0.459 e. The molecule has 0 heterocycles. The van der Waals surface area contributed by atoms with Gasteiger partial charge in [-0.1, -0.05) is 66.5 Å². The van der Waals surface area contributed by atoms with Crippen LogP contribution in [-0.4, -0.2) is 24.1 Å². The summed E-state index contributed by atoms with van der Waals surface area (Å²) in [6.07, 6.45) is 12.4. The predicted molar refractivity (Wildman–Crippen MR) is 121 cm³/mol. The minimum atomic E-state index is -0.334. The second-order valence-electron chi connectivity index (χ2n) is 10.3. The molecule has 0 bridgehead atoms. The van der Waals surface area contributed by atoms with Crippen molar-refractivity contribution in [1.29, 1.82) is 0 Å². The van der Waals surface area contributed by atoms with E-state index in [1.54, 1.807) is 12.2 Å². The Hall–Kier alpha value is -1.58. The van der Waals surface area contributed by atoms with E-state index >= 15 is 0 Å². The molecular weight excluding hydrogens is 376 g/mol. The molecule has 0 aromatic heterocycles. The molecule has 0 radical (unpaired) electrons. The molecule has 0 N–H and O–H groups in total. The molecule has 2 aliphatic rings. The van der Waals surface area contributed by atoms with Gasteiger partial charge < -0.3 is 9.47 Å². The van der Waals surface area contributed by atoms with Crippen molar-refractivity contribution in [2.45, 2.75) is 92.3 Å². The zero-order valence-electron chi connectivity index (χ0n) is 19.8. The summed E-state index contributed by atoms with van der Waals surface area (Å²) < 4.78 is 11.5. The molecule has 170 valence electrons. The molecule has 4 heteroatoms. The lowest BCUT2D eigenvalue weighted by Gasteiger charge is -2.36. The number of carbonyl (C=O) groups is 2. The molecule has 6 unspecified atom stereocenters. The van der Waals surface area contributed by atoms with Gasteiger partial charge in [-0.15, -0.1) is 0 Å². The Bertz CT molecular complexity index is 565. The lowest BCUT2D eigenvalue weighted by Crippen LogP contribution is -2.35. The zero-order chi connectivity index (χ0) is 22.3. The van der Waals surface area contributed by atoms with Gasteiger partial charge in [0, 0.05) is 12.2 Å². The van der Waals surface area contributed by atoms with Gasteiger partial charge in [-0.25, -0.2) is 9.59 Å². The number of allylic oxidation sites excluding steroid dienone is 2. The van der Waals surface area contributed by atoms with E-state index in [4.69, 9.17) is 9.47 Å². The molecule has 0 aromatic carbocycles. The van der Waals surface area contributed by atoms with E-state index in [1.165, 1.54) is 25.0 Å². The highest BCUT2D eigenvalue weighted by atomic mass is 16.5. The van der Waals surface area contributed by atoms with E-state index in [0.29, 0.717) is 35.5 Å². The summed E-state index contributed by atoms with van der Waals surface area (Å²) in [5.74, 6) is 2.38. The minimum absolute atomic E-state index is 0.0129. The molecule has 30 heavy (non-hydrogen) atoms. The first-order chi connectivity index (χ1) is 14.2. The van der Waals surface area contributed by atoms with E-state index in [-0.39, 0.29) is 24.1 Å². The third kappa shape index (κ3) is 7.59. The fourth-order valence-electron chi connectivity index (χ4n) is 5.15. The molecule has 2 fully saturated rings. The lowest BCUT2D eigenvalue weighted by atomic mass is 9.75. The van der Waals surface area contributed by atoms with E-state index in [1.807, 2.05) is 0 Å². The van der Waals surface area contributed by atoms with Crippen LogP contribution in [0.1, 0.15) is 80.1 Å². The van der Waals surface area contributed by atoms with Gasteiger partial charge in [-0.2, -0.15) is 0 Å². The molecule has 0 amide bonds. The molecule has 2 rings (SSSR count). The van der Waals surface area contributed by atoms with Crippen molar-refractivity contribution in [3.05, 3.63) is 24.3 Å². The normalized spacial score (nSPS) is 32.8. The van der Waals surface area contributed by atoms with Crippen LogP contribution in [0, 0.1) is 35.5 Å². The van der Waals surface area contributed by atoms with Crippen molar-refractivity contribution in [2.75, 3.05) is 0 Å². The Balaban J connectivity index is 1.83. The Morgan fingerprint density at radius 1 is 0.700 bits per heavy atom. The van der Waals surface area contributed by atoms with Crippen LogP contribution < -0.4 is 0 Å². The average molecular weight is 419 g/mol. The van der Waals surface area contributed by atoms with Gasteiger partial charge in [0.2, 0.25) is 0 Å². The summed E-state index contributed by atoms with van der Waals surface area (Å²) in [6, 6.07) is 0. The predicted octanol–water partition coefficient (Wildman–Crippen LogP) is 6.11. The van der Waals surface area contributed by atoms with Gasteiger partial charge in [0.15, 0.2) is 0 Å². The Labute approximate surface area is 183 Å². The molecular formula is C26H42O4. The Morgan fingerprint density at radius 2 is 1.07 bits per heavy atom. The summed E-state index contributed by atoms with van der Waals surface area (Å²) in [6.45, 7) is 13.2. The summed E-state index contributed by atoms with van der Waals surface area (Å²) in [5.41, 5.74) is 0. The van der Waals surface area contributed by atoms with Crippen LogP contribution in [0.15, 0.2) is 24.3 Å². The lowest BCUT2D eigenvalue weighted by molar-refractivity contribution is -0.150. The molecule has 2 saturated carbocycles. The van der Waals surface area contributed by atoms with Gasteiger partial charge in [0.25, 0.3) is 0 Å². The van der Waals surface area contributed by atoms with Crippen LogP contribution in [0.4, 0.5) is 0 Å². The molecule has 0 spiro atoms. The highest BCUT2D eigenvalue weighted by Gasteiger charge is 2.34. The standard InChI is InChI=1S/C26H42O4/c1-17(2)21-13-11-19(5)15-23(21)29-25(27)9-7-8-10-26(28)30-24-16-20(6)12-14-22(24)18(3)4/h7-10,17-24H,11-16H2,1-6H3/b9-7+,10-8+. The van der Waals surface area contributed by atoms with Crippen molar-refractivity contribution in [3.63, 3.8) is 0 Å². The van der Waals surface area contributed by atoms with Gasteiger partial charge >= 0.3 is 11.9 Å². The van der Waals surface area contributed by atoms with Crippen molar-refractivity contribution < 1.29 is 19.1 Å². The fraction of sp³-hybridized carbons (Fsp3) is 0.769. The van der Waals surface area contributed by atoms with Crippen molar-refractivity contribution >= 4 is 11.9 Å². The number of carbonyl (C=O) groups excluding carboxylic acids is 2. The SMILES string of the molecule is CC1CCC(C(C)C)C(OC(=O)/C=C/C=C/C(=O)OC2CC(C)CCC2C(C)C)C1. The second-order valence-corrected chi connectivity index (χ2v) is 10.3. The Morgan fingerprint density at radius 3 is 1.40 bits per heavy atom. The third-order valence-electron chi connectivity index (χ3n) is 7.03. The maximum atomic E-state index is 12.2. The quantitative estimate of drug-likeness (QED) is 0.284. The van der Waals surface area contributed by atoms with Crippen LogP contribution in [0.2, 0.25) is 0 Å². The molecule has 2 aliphatic carbocycles. The highest BCUT2D eigenvalue weighted by Crippen LogP contribution is 2.36. The molecule has 4 nitrogen and oxygen atoms in total. The van der Waals surface area contributed by atoms with Gasteiger partial charge in [-0.05, 0) is 61.2 Å². The van der Waals surface area contributed by atoms with Crippen molar-refractivity contribution in [1.82, 2.24) is 0 Å². The smallest absolute Gasteiger partial charge is 0.331 e. The summed E-state index contributed by atoms with van der Waals surface area (Å²) >= 11 is 0. The van der Waals surface area contributed by atoms with Crippen LogP contribution in [0.3, 0.4) is 0 Å². The molecule has 6 atom stereocenters. The van der Waals surface area contributed by atoms with Gasteiger partial charge in [0.1, 0.15) is 12.2 Å². The van der Waals surface area contributed by atoms with Crippen molar-refractivity contribution in [3.8, 4) is 0 Å². The number of hydrogen-bond acceptors (Lipinski definition) is 4. The van der Waals surface area contributed by atoms with Crippen LogP contribution in [0.5, 0.6) is 0 Å². The summed E-state index contributed by atoms with van der Waals surface area (Å²) in [7, 11) is 0. The monoisotopic (exact) mass is 418 g/mol. The van der Waals surface area contributed by atoms with E-state index in [0.717, 1.165) is 25.7 Å². The fourth-order valence-corrected chi connectivity index (χ4v) is 5.15. The first-order valence-corrected chi connectivity index (χ1v) is 11.9. The van der Waals surface area contributed by atoms with E-state index in [2.05, 4.69) is 41.5 Å². The zero-order valence-corrected chi connectivity index (χ0v) is 19.8. The van der Waals surface area contributed by atoms with E-state index < -0.39 is 0 Å². The number of rotatable bonds is 7. The van der Waals surface area contributed by atoms with Gasteiger partial charge in [-0.3, -0.25) is 0 Å². The third-order valence-corrected chi connectivity index (χ3v) is 7.03. The first kappa shape index (κ1) is 24.7. The summed E-state index contributed by atoms with van der Waals surface area (Å²) in [4.78, 5) is 24.5. The number of esters is 2. The second kappa shape index (κ2) is 11.7. The molecule has 0 aliphatic heterocycles. The van der Waals surface area contributed by atoms with Crippen LogP contribution in [-0.2, 0) is 19.1 Å². The topological polar surface area (TPSA) is 52.6 Å². The van der Waals surface area contributed by atoms with Crippen LogP contribution in [0.25, 0.3) is 0 Å². The first-order valence-electron chi connectivity index (χ1n) is 11.9. The largest absolute Gasteiger partial charge is 0.459 e. The van der Waals surface area contributed by atoms with Crippen LogP contribution >= 0.6 is 0 Å². The summed E-state index contributed by atoms with van der Waals surface area (Å²) in [5, 5.41) is 0. The Kier molecular flexibility index (Phi) is 9.64. The highest BCUT2D eigenvalue weighted by molar-refractivity contribution is 5.84. The van der Waals surface area contributed by atoms with E-state index in [9.17, 15) is 9.59 Å². The van der Waals surface area contributed by atoms with Crippen molar-refractivity contribution in [2.24, 2.45) is 35.5 Å². The number of ether oxygens (including phenoxy) is 2. The maximum absolute atomic E-state index is 12.2. The van der Waals surface area contributed by atoms with Gasteiger partial charge in [0.05, 0.1) is 0 Å². The number of hydrogen-bond donors (Lipinski definition) is 0. The average Bonchev–Trinajstić information content (AvgIpc) is 2.65.